The molecule has 0 heterocycles. The van der Waals surface area contributed by atoms with Crippen LogP contribution < -0.4 is 15.5 Å². The first-order valence-corrected chi connectivity index (χ1v) is 7.95. The van der Waals surface area contributed by atoms with Crippen LogP contribution in [0.5, 0.6) is 0 Å². The number of halogens is 1. The van der Waals surface area contributed by atoms with Crippen LogP contribution in [0.4, 0.5) is 5.69 Å². The number of carbonyl (C=O) groups excluding carboxylic acids is 2. The molecular formula is C16H25ClN3O2+. The van der Waals surface area contributed by atoms with Gasteiger partial charge in [-0.3, -0.25) is 9.59 Å². The minimum absolute atomic E-state index is 0.0380. The van der Waals surface area contributed by atoms with Crippen molar-refractivity contribution in [2.75, 3.05) is 25.5 Å². The number of rotatable bonds is 8. The van der Waals surface area contributed by atoms with Crippen molar-refractivity contribution in [3.63, 3.8) is 0 Å². The lowest BCUT2D eigenvalue weighted by Gasteiger charge is -2.16. The Bertz CT molecular complexity index is 508. The Hall–Kier alpha value is -1.59. The molecule has 0 bridgehead atoms. The molecule has 0 aliphatic carbocycles. The van der Waals surface area contributed by atoms with Gasteiger partial charge < -0.3 is 15.5 Å². The number of likely N-dealkylation sites (N-methyl/N-ethyl adjacent to an activating group) is 1. The van der Waals surface area contributed by atoms with E-state index in [2.05, 4.69) is 17.6 Å². The third-order valence-corrected chi connectivity index (χ3v) is 3.53. The van der Waals surface area contributed by atoms with E-state index in [0.717, 1.165) is 17.7 Å². The first kappa shape index (κ1) is 18.5. The van der Waals surface area contributed by atoms with E-state index in [9.17, 15) is 9.59 Å². The Morgan fingerprint density at radius 1 is 1.23 bits per heavy atom. The summed E-state index contributed by atoms with van der Waals surface area (Å²) >= 11 is 5.99. The SMILES string of the molecule is CCC[C@@H](C)NC(=O)C[NH+](C)CC(=O)Nc1ccccc1Cl. The molecule has 3 N–H and O–H groups in total. The van der Waals surface area contributed by atoms with Crippen molar-refractivity contribution in [3.05, 3.63) is 29.3 Å². The molecule has 0 spiro atoms. The number of nitrogens with one attached hydrogen (secondary N) is 3. The zero-order valence-electron chi connectivity index (χ0n) is 13.4. The van der Waals surface area contributed by atoms with E-state index < -0.39 is 0 Å². The zero-order chi connectivity index (χ0) is 16.5. The van der Waals surface area contributed by atoms with Gasteiger partial charge in [0.25, 0.3) is 11.8 Å². The summed E-state index contributed by atoms with van der Waals surface area (Å²) in [6, 6.07) is 7.24. The van der Waals surface area contributed by atoms with E-state index in [1.54, 1.807) is 24.3 Å². The predicted molar refractivity (Wildman–Crippen MR) is 89.2 cm³/mol. The molecule has 2 amide bonds. The first-order valence-electron chi connectivity index (χ1n) is 7.57. The highest BCUT2D eigenvalue weighted by atomic mass is 35.5. The van der Waals surface area contributed by atoms with Crippen LogP contribution in [-0.4, -0.2) is 38.0 Å². The van der Waals surface area contributed by atoms with E-state index in [-0.39, 0.29) is 30.9 Å². The topological polar surface area (TPSA) is 62.6 Å². The van der Waals surface area contributed by atoms with E-state index >= 15 is 0 Å². The van der Waals surface area contributed by atoms with Gasteiger partial charge in [-0.1, -0.05) is 37.1 Å². The number of benzene rings is 1. The van der Waals surface area contributed by atoms with E-state index in [1.165, 1.54) is 0 Å². The monoisotopic (exact) mass is 326 g/mol. The molecular weight excluding hydrogens is 302 g/mol. The molecule has 0 aliphatic rings. The molecule has 0 saturated carbocycles. The molecule has 6 heteroatoms. The molecule has 0 radical (unpaired) electrons. The van der Waals surface area contributed by atoms with Crippen LogP contribution in [0.1, 0.15) is 26.7 Å². The van der Waals surface area contributed by atoms with Gasteiger partial charge in [-0.15, -0.1) is 0 Å². The van der Waals surface area contributed by atoms with Crippen LogP contribution in [-0.2, 0) is 9.59 Å². The highest BCUT2D eigenvalue weighted by Crippen LogP contribution is 2.19. The largest absolute Gasteiger partial charge is 0.349 e. The van der Waals surface area contributed by atoms with Crippen LogP contribution in [0, 0.1) is 0 Å². The fourth-order valence-corrected chi connectivity index (χ4v) is 2.38. The minimum Gasteiger partial charge on any atom is -0.349 e. The van der Waals surface area contributed by atoms with E-state index in [0.29, 0.717) is 10.7 Å². The lowest BCUT2D eigenvalue weighted by molar-refractivity contribution is -0.862. The minimum atomic E-state index is -0.167. The van der Waals surface area contributed by atoms with Gasteiger partial charge in [0, 0.05) is 6.04 Å². The zero-order valence-corrected chi connectivity index (χ0v) is 14.2. The Morgan fingerprint density at radius 3 is 2.50 bits per heavy atom. The van der Waals surface area contributed by atoms with Crippen LogP contribution in [0.15, 0.2) is 24.3 Å². The molecule has 0 saturated heterocycles. The molecule has 22 heavy (non-hydrogen) atoms. The van der Waals surface area contributed by atoms with Crippen molar-refractivity contribution in [1.29, 1.82) is 0 Å². The van der Waals surface area contributed by atoms with Gasteiger partial charge in [-0.25, -0.2) is 0 Å². The Morgan fingerprint density at radius 2 is 1.86 bits per heavy atom. The number of amides is 2. The number of carbonyl (C=O) groups is 2. The molecule has 1 rings (SSSR count). The van der Waals surface area contributed by atoms with Gasteiger partial charge >= 0.3 is 0 Å². The van der Waals surface area contributed by atoms with E-state index in [1.807, 2.05) is 14.0 Å². The molecule has 0 aromatic heterocycles. The number of hydrogen-bond acceptors (Lipinski definition) is 2. The van der Waals surface area contributed by atoms with Gasteiger partial charge in [0.05, 0.1) is 17.8 Å². The van der Waals surface area contributed by atoms with Gasteiger partial charge in [0.2, 0.25) is 0 Å². The summed E-state index contributed by atoms with van der Waals surface area (Å²) in [5, 5.41) is 6.18. The quantitative estimate of drug-likeness (QED) is 0.670. The third-order valence-electron chi connectivity index (χ3n) is 3.20. The van der Waals surface area contributed by atoms with Crippen LogP contribution >= 0.6 is 11.6 Å². The van der Waals surface area contributed by atoms with Crippen LogP contribution in [0.25, 0.3) is 0 Å². The average Bonchev–Trinajstić information content (AvgIpc) is 2.40. The van der Waals surface area contributed by atoms with Crippen molar-refractivity contribution in [3.8, 4) is 0 Å². The smallest absolute Gasteiger partial charge is 0.279 e. The Kier molecular flexibility index (Phi) is 7.91. The summed E-state index contributed by atoms with van der Waals surface area (Å²) in [6.45, 7) is 4.55. The van der Waals surface area contributed by atoms with Crippen molar-refractivity contribution in [2.45, 2.75) is 32.7 Å². The number of quaternary nitrogens is 1. The molecule has 1 aromatic carbocycles. The maximum absolute atomic E-state index is 12.0. The van der Waals surface area contributed by atoms with Crippen molar-refractivity contribution in [1.82, 2.24) is 5.32 Å². The van der Waals surface area contributed by atoms with Crippen molar-refractivity contribution < 1.29 is 14.5 Å². The maximum atomic E-state index is 12.0. The summed E-state index contributed by atoms with van der Waals surface area (Å²) in [7, 11) is 1.82. The van der Waals surface area contributed by atoms with Gasteiger partial charge in [-0.2, -0.15) is 0 Å². The summed E-state index contributed by atoms with van der Waals surface area (Å²) < 4.78 is 0. The Labute approximate surface area is 137 Å². The lowest BCUT2D eigenvalue weighted by Crippen LogP contribution is -3.11. The second-order valence-electron chi connectivity index (χ2n) is 5.60. The highest BCUT2D eigenvalue weighted by molar-refractivity contribution is 6.33. The maximum Gasteiger partial charge on any atom is 0.279 e. The van der Waals surface area contributed by atoms with Crippen molar-refractivity contribution >= 4 is 29.1 Å². The summed E-state index contributed by atoms with van der Waals surface area (Å²) in [5.41, 5.74) is 0.586. The van der Waals surface area contributed by atoms with Gasteiger partial charge in [-0.05, 0) is 25.5 Å². The molecule has 2 atom stereocenters. The standard InChI is InChI=1S/C16H24ClN3O2/c1-4-7-12(2)18-15(21)10-20(3)11-16(22)19-14-9-6-5-8-13(14)17/h5-6,8-9,12H,4,7,10-11H2,1-3H3,(H,18,21)(H,19,22)/p+1/t12-/m1/s1. The normalized spacial score (nSPS) is 13.3. The van der Waals surface area contributed by atoms with Crippen molar-refractivity contribution in [2.24, 2.45) is 0 Å². The van der Waals surface area contributed by atoms with Crippen LogP contribution in [0.3, 0.4) is 0 Å². The first-order chi connectivity index (χ1) is 10.4. The molecule has 1 unspecified atom stereocenters. The summed E-state index contributed by atoms with van der Waals surface area (Å²) in [6.07, 6.45) is 1.99. The molecule has 0 fully saturated rings. The van der Waals surface area contributed by atoms with Gasteiger partial charge in [0.15, 0.2) is 13.1 Å². The lowest BCUT2D eigenvalue weighted by atomic mass is 10.2. The molecule has 122 valence electrons. The molecule has 1 aromatic rings. The van der Waals surface area contributed by atoms with E-state index in [4.69, 9.17) is 11.6 Å². The number of para-hydroxylation sites is 1. The summed E-state index contributed by atoms with van der Waals surface area (Å²) in [4.78, 5) is 24.6. The summed E-state index contributed by atoms with van der Waals surface area (Å²) in [5.74, 6) is -0.205. The fraction of sp³-hybridized carbons (Fsp3) is 0.500. The van der Waals surface area contributed by atoms with Crippen LogP contribution in [0.2, 0.25) is 5.02 Å². The fourth-order valence-electron chi connectivity index (χ4n) is 2.20. The second-order valence-corrected chi connectivity index (χ2v) is 6.00. The second kappa shape index (κ2) is 9.43. The highest BCUT2D eigenvalue weighted by Gasteiger charge is 2.16. The number of hydrogen-bond donors (Lipinski definition) is 3. The third kappa shape index (κ3) is 6.91. The molecule has 0 aliphatic heterocycles. The average molecular weight is 327 g/mol. The Balaban J connectivity index is 2.38. The molecule has 5 nitrogen and oxygen atoms in total. The predicted octanol–water partition coefficient (Wildman–Crippen LogP) is 1.10. The number of anilines is 1. The van der Waals surface area contributed by atoms with Gasteiger partial charge in [0.1, 0.15) is 0 Å².